The van der Waals surface area contributed by atoms with Crippen molar-refractivity contribution >= 4 is 28.2 Å². The van der Waals surface area contributed by atoms with Crippen LogP contribution in [0.3, 0.4) is 0 Å². The molecule has 0 saturated carbocycles. The number of anilines is 2. The van der Waals surface area contributed by atoms with Crippen molar-refractivity contribution in [1.29, 1.82) is 0 Å². The van der Waals surface area contributed by atoms with E-state index in [2.05, 4.69) is 27.3 Å². The number of carbonyl (C=O) groups excluding carboxylic acids is 1. The molecule has 0 aliphatic carbocycles. The third-order valence-electron chi connectivity index (χ3n) is 4.99. The zero-order chi connectivity index (χ0) is 17.9. The summed E-state index contributed by atoms with van der Waals surface area (Å²) in [4.78, 5) is 15.1. The van der Waals surface area contributed by atoms with E-state index in [1.165, 1.54) is 6.42 Å². The molecule has 1 unspecified atom stereocenters. The van der Waals surface area contributed by atoms with Gasteiger partial charge in [-0.05, 0) is 38.3 Å². The van der Waals surface area contributed by atoms with Crippen molar-refractivity contribution in [2.45, 2.75) is 32.2 Å². The number of nitrogens with one attached hydrogen (secondary N) is 1. The number of para-hydroxylation sites is 1. The van der Waals surface area contributed by atoms with Crippen LogP contribution >= 0.6 is 0 Å². The molecule has 1 atom stereocenters. The number of piperidine rings is 1. The monoisotopic (exact) mass is 346 g/mol. The standard InChI is InChI=1S/C21H22N4O/c1-15-9-7-8-14-25(15)20-18-13-6-5-12-17(18)19(23-24-20)21(26)22-16-10-3-2-4-11-16/h2-6,10-13,15H,7-9,14H2,1H3,(H,22,26). The molecule has 0 spiro atoms. The highest BCUT2D eigenvalue weighted by Crippen LogP contribution is 2.30. The van der Waals surface area contributed by atoms with Crippen LogP contribution in [0.15, 0.2) is 54.6 Å². The fourth-order valence-corrected chi connectivity index (χ4v) is 3.59. The van der Waals surface area contributed by atoms with Gasteiger partial charge in [0.15, 0.2) is 11.5 Å². The van der Waals surface area contributed by atoms with Crippen LogP contribution in [0.5, 0.6) is 0 Å². The maximum atomic E-state index is 12.8. The first kappa shape index (κ1) is 16.5. The van der Waals surface area contributed by atoms with Gasteiger partial charge in [-0.15, -0.1) is 10.2 Å². The van der Waals surface area contributed by atoms with Crippen molar-refractivity contribution in [3.63, 3.8) is 0 Å². The molecule has 1 aliphatic heterocycles. The Hall–Kier alpha value is -2.95. The van der Waals surface area contributed by atoms with Crippen LogP contribution in [-0.4, -0.2) is 28.7 Å². The molecule has 1 fully saturated rings. The van der Waals surface area contributed by atoms with Crippen LogP contribution in [-0.2, 0) is 0 Å². The summed E-state index contributed by atoms with van der Waals surface area (Å²) in [6, 6.07) is 17.7. The number of carbonyl (C=O) groups is 1. The first-order valence-electron chi connectivity index (χ1n) is 9.12. The highest BCUT2D eigenvalue weighted by Gasteiger charge is 2.24. The molecule has 1 saturated heterocycles. The van der Waals surface area contributed by atoms with Gasteiger partial charge in [-0.1, -0.05) is 42.5 Å². The van der Waals surface area contributed by atoms with E-state index in [9.17, 15) is 4.79 Å². The summed E-state index contributed by atoms with van der Waals surface area (Å²) < 4.78 is 0. The van der Waals surface area contributed by atoms with E-state index in [0.717, 1.165) is 41.7 Å². The molecule has 4 rings (SSSR count). The fraction of sp³-hybridized carbons (Fsp3) is 0.286. The Morgan fingerprint density at radius 3 is 2.50 bits per heavy atom. The van der Waals surface area contributed by atoms with Crippen molar-refractivity contribution in [3.8, 4) is 0 Å². The minimum atomic E-state index is -0.238. The average Bonchev–Trinajstić information content (AvgIpc) is 2.68. The van der Waals surface area contributed by atoms with Gasteiger partial charge in [0, 0.05) is 29.0 Å². The van der Waals surface area contributed by atoms with Crippen molar-refractivity contribution in [2.75, 3.05) is 16.8 Å². The molecule has 0 radical (unpaired) electrons. The highest BCUT2D eigenvalue weighted by molar-refractivity contribution is 6.12. The van der Waals surface area contributed by atoms with Crippen molar-refractivity contribution in [1.82, 2.24) is 10.2 Å². The Balaban J connectivity index is 1.73. The Bertz CT molecular complexity index is 926. The number of fused-ring (bicyclic) bond motifs is 1. The summed E-state index contributed by atoms with van der Waals surface area (Å²) >= 11 is 0. The Kier molecular flexibility index (Phi) is 4.52. The van der Waals surface area contributed by atoms with E-state index in [-0.39, 0.29) is 5.91 Å². The molecular formula is C21H22N4O. The lowest BCUT2D eigenvalue weighted by Crippen LogP contribution is -2.38. The Morgan fingerprint density at radius 1 is 1.00 bits per heavy atom. The number of benzene rings is 2. The maximum Gasteiger partial charge on any atom is 0.276 e. The van der Waals surface area contributed by atoms with Crippen LogP contribution < -0.4 is 10.2 Å². The largest absolute Gasteiger partial charge is 0.352 e. The lowest BCUT2D eigenvalue weighted by Gasteiger charge is -2.34. The molecule has 1 N–H and O–H groups in total. The van der Waals surface area contributed by atoms with E-state index < -0.39 is 0 Å². The third-order valence-corrected chi connectivity index (χ3v) is 4.99. The Morgan fingerprint density at radius 2 is 1.73 bits per heavy atom. The van der Waals surface area contributed by atoms with Gasteiger partial charge < -0.3 is 10.2 Å². The molecule has 2 aromatic carbocycles. The number of hydrogen-bond acceptors (Lipinski definition) is 4. The van der Waals surface area contributed by atoms with E-state index in [4.69, 9.17) is 0 Å². The minimum Gasteiger partial charge on any atom is -0.352 e. The second-order valence-electron chi connectivity index (χ2n) is 6.78. The van der Waals surface area contributed by atoms with Gasteiger partial charge in [0.25, 0.3) is 5.91 Å². The minimum absolute atomic E-state index is 0.238. The molecule has 26 heavy (non-hydrogen) atoms. The molecule has 5 nitrogen and oxygen atoms in total. The first-order chi connectivity index (χ1) is 12.7. The Labute approximate surface area is 153 Å². The molecule has 0 bridgehead atoms. The molecular weight excluding hydrogens is 324 g/mol. The van der Waals surface area contributed by atoms with Gasteiger partial charge in [0.1, 0.15) is 0 Å². The lowest BCUT2D eigenvalue weighted by atomic mass is 10.0. The van der Waals surface area contributed by atoms with E-state index >= 15 is 0 Å². The quantitative estimate of drug-likeness (QED) is 0.770. The topological polar surface area (TPSA) is 58.1 Å². The normalized spacial score (nSPS) is 17.3. The average molecular weight is 346 g/mol. The summed E-state index contributed by atoms with van der Waals surface area (Å²) in [6.07, 6.45) is 3.57. The SMILES string of the molecule is CC1CCCCN1c1nnc(C(=O)Nc2ccccc2)c2ccccc12. The van der Waals surface area contributed by atoms with E-state index in [1.807, 2.05) is 54.6 Å². The maximum absolute atomic E-state index is 12.8. The van der Waals surface area contributed by atoms with Crippen LogP contribution in [0.4, 0.5) is 11.5 Å². The van der Waals surface area contributed by atoms with Gasteiger partial charge in [0.05, 0.1) is 0 Å². The summed E-state index contributed by atoms with van der Waals surface area (Å²) in [6.45, 7) is 3.21. The second kappa shape index (κ2) is 7.12. The number of nitrogens with zero attached hydrogens (tertiary/aromatic N) is 3. The lowest BCUT2D eigenvalue weighted by molar-refractivity contribution is 0.102. The smallest absolute Gasteiger partial charge is 0.276 e. The number of rotatable bonds is 3. The second-order valence-corrected chi connectivity index (χ2v) is 6.78. The van der Waals surface area contributed by atoms with Crippen LogP contribution in [0.2, 0.25) is 0 Å². The summed E-state index contributed by atoms with van der Waals surface area (Å²) in [7, 11) is 0. The summed E-state index contributed by atoms with van der Waals surface area (Å²) in [5.74, 6) is 0.641. The highest BCUT2D eigenvalue weighted by atomic mass is 16.1. The van der Waals surface area contributed by atoms with Gasteiger partial charge in [-0.3, -0.25) is 4.79 Å². The van der Waals surface area contributed by atoms with Crippen LogP contribution in [0.1, 0.15) is 36.7 Å². The number of hydrogen-bond donors (Lipinski definition) is 1. The third kappa shape index (κ3) is 3.12. The van der Waals surface area contributed by atoms with Crippen molar-refractivity contribution < 1.29 is 4.79 Å². The predicted octanol–water partition coefficient (Wildman–Crippen LogP) is 4.26. The molecule has 2 heterocycles. The zero-order valence-corrected chi connectivity index (χ0v) is 14.9. The fourth-order valence-electron chi connectivity index (χ4n) is 3.59. The van der Waals surface area contributed by atoms with Gasteiger partial charge in [-0.25, -0.2) is 0 Å². The zero-order valence-electron chi connectivity index (χ0n) is 14.9. The van der Waals surface area contributed by atoms with Crippen molar-refractivity contribution in [3.05, 3.63) is 60.3 Å². The van der Waals surface area contributed by atoms with Crippen LogP contribution in [0, 0.1) is 0 Å². The number of aromatic nitrogens is 2. The van der Waals surface area contributed by atoms with Gasteiger partial charge >= 0.3 is 0 Å². The molecule has 132 valence electrons. The molecule has 3 aromatic rings. The number of amides is 1. The van der Waals surface area contributed by atoms with Gasteiger partial charge in [-0.2, -0.15) is 0 Å². The van der Waals surface area contributed by atoms with E-state index in [0.29, 0.717) is 11.7 Å². The summed E-state index contributed by atoms with van der Waals surface area (Å²) in [5.41, 5.74) is 1.11. The van der Waals surface area contributed by atoms with Crippen LogP contribution in [0.25, 0.3) is 10.8 Å². The molecule has 1 aromatic heterocycles. The molecule has 1 amide bonds. The van der Waals surface area contributed by atoms with Crippen molar-refractivity contribution in [2.24, 2.45) is 0 Å². The first-order valence-corrected chi connectivity index (χ1v) is 9.12. The molecule has 5 heteroatoms. The molecule has 1 aliphatic rings. The predicted molar refractivity (Wildman–Crippen MR) is 105 cm³/mol. The summed E-state index contributed by atoms with van der Waals surface area (Å²) in [5, 5.41) is 13.5. The van der Waals surface area contributed by atoms with E-state index in [1.54, 1.807) is 0 Å². The van der Waals surface area contributed by atoms with Gasteiger partial charge in [0.2, 0.25) is 0 Å².